The quantitative estimate of drug-likeness (QED) is 0.628. The van der Waals surface area contributed by atoms with Crippen LogP contribution in [0.25, 0.3) is 0 Å². The number of nitrogens with one attached hydrogen (secondary N) is 2. The standard InChI is InChI=1S/C28H35N3O3/c1-18(2)16-29-25(33)17-31-22-12-8-7-11-20(22)30-21-14-28(3,4)15-23(32)26(21)27(31)19-10-6-9-13-24(19)34-5/h6-13,18,27,30H,14-17H2,1-5H3,(H,29,33)/t27-/m1/s1. The maximum absolute atomic E-state index is 13.7. The Bertz CT molecular complexity index is 1120. The lowest BCUT2D eigenvalue weighted by atomic mass is 9.73. The van der Waals surface area contributed by atoms with Crippen molar-refractivity contribution in [2.75, 3.05) is 30.4 Å². The number of carbonyl (C=O) groups excluding carboxylic acids is 2. The molecule has 0 spiro atoms. The summed E-state index contributed by atoms with van der Waals surface area (Å²) in [6, 6.07) is 15.3. The molecule has 34 heavy (non-hydrogen) atoms. The van der Waals surface area contributed by atoms with Crippen molar-refractivity contribution >= 4 is 23.1 Å². The lowest BCUT2D eigenvalue weighted by molar-refractivity contribution is -0.120. The van der Waals surface area contributed by atoms with Crippen molar-refractivity contribution in [3.8, 4) is 5.75 Å². The van der Waals surface area contributed by atoms with Gasteiger partial charge in [-0.2, -0.15) is 0 Å². The SMILES string of the molecule is COc1ccccc1[C@@H]1C2=C(CC(C)(C)CC2=O)Nc2ccccc2N1CC(=O)NCC(C)C. The molecule has 0 radical (unpaired) electrons. The van der Waals surface area contributed by atoms with E-state index in [2.05, 4.69) is 43.2 Å². The number of fused-ring (bicyclic) bond motifs is 1. The minimum absolute atomic E-state index is 0.0731. The summed E-state index contributed by atoms with van der Waals surface area (Å²) in [4.78, 5) is 28.9. The molecule has 1 amide bonds. The fourth-order valence-electron chi connectivity index (χ4n) is 4.97. The van der Waals surface area contributed by atoms with Crippen LogP contribution in [0, 0.1) is 11.3 Å². The molecule has 1 heterocycles. The highest BCUT2D eigenvalue weighted by Crippen LogP contribution is 2.49. The molecule has 0 saturated heterocycles. The van der Waals surface area contributed by atoms with Gasteiger partial charge in [-0.25, -0.2) is 0 Å². The van der Waals surface area contributed by atoms with E-state index in [4.69, 9.17) is 4.74 Å². The van der Waals surface area contributed by atoms with Crippen LogP contribution in [0.15, 0.2) is 59.8 Å². The van der Waals surface area contributed by atoms with E-state index in [1.807, 2.05) is 48.5 Å². The van der Waals surface area contributed by atoms with E-state index in [9.17, 15) is 9.59 Å². The Morgan fingerprint density at radius 2 is 1.85 bits per heavy atom. The average molecular weight is 462 g/mol. The van der Waals surface area contributed by atoms with Crippen LogP contribution < -0.4 is 20.3 Å². The van der Waals surface area contributed by atoms with Gasteiger partial charge in [-0.1, -0.05) is 58.0 Å². The summed E-state index contributed by atoms with van der Waals surface area (Å²) < 4.78 is 5.73. The van der Waals surface area contributed by atoms with Gasteiger partial charge >= 0.3 is 0 Å². The Kier molecular flexibility index (Phi) is 6.69. The number of anilines is 2. The van der Waals surface area contributed by atoms with Crippen molar-refractivity contribution in [2.45, 2.75) is 46.6 Å². The van der Waals surface area contributed by atoms with Gasteiger partial charge in [0.25, 0.3) is 0 Å². The van der Waals surface area contributed by atoms with Gasteiger partial charge in [0.1, 0.15) is 5.75 Å². The van der Waals surface area contributed by atoms with Gasteiger partial charge in [-0.05, 0) is 36.0 Å². The van der Waals surface area contributed by atoms with Crippen LogP contribution in [0.1, 0.15) is 52.1 Å². The van der Waals surface area contributed by atoms with E-state index in [0.717, 1.165) is 34.6 Å². The molecule has 2 aromatic carbocycles. The first-order valence-electron chi connectivity index (χ1n) is 12.0. The molecule has 1 aliphatic heterocycles. The summed E-state index contributed by atoms with van der Waals surface area (Å²) in [5.74, 6) is 1.08. The van der Waals surface area contributed by atoms with Gasteiger partial charge in [0.15, 0.2) is 5.78 Å². The number of ether oxygens (including phenoxy) is 1. The largest absolute Gasteiger partial charge is 0.496 e. The highest BCUT2D eigenvalue weighted by molar-refractivity contribution is 6.02. The second-order valence-corrected chi connectivity index (χ2v) is 10.4. The van der Waals surface area contributed by atoms with Crippen LogP contribution in [0.3, 0.4) is 0 Å². The number of allylic oxidation sites excluding steroid dienone is 1. The van der Waals surface area contributed by atoms with E-state index in [-0.39, 0.29) is 23.7 Å². The number of hydrogen-bond donors (Lipinski definition) is 2. The highest BCUT2D eigenvalue weighted by Gasteiger charge is 2.42. The number of methoxy groups -OCH3 is 1. The first-order chi connectivity index (χ1) is 16.2. The third kappa shape index (κ3) is 4.81. The van der Waals surface area contributed by atoms with E-state index >= 15 is 0 Å². The number of carbonyl (C=O) groups is 2. The number of ketones is 1. The fraction of sp³-hybridized carbons (Fsp3) is 0.429. The zero-order valence-corrected chi connectivity index (χ0v) is 20.8. The molecule has 4 rings (SSSR count). The second kappa shape index (κ2) is 9.53. The summed E-state index contributed by atoms with van der Waals surface area (Å²) in [5.41, 5.74) is 4.16. The van der Waals surface area contributed by atoms with Crippen LogP contribution in [0.2, 0.25) is 0 Å². The van der Waals surface area contributed by atoms with Gasteiger partial charge in [-0.3, -0.25) is 9.59 Å². The lowest BCUT2D eigenvalue weighted by Gasteiger charge is -2.38. The maximum Gasteiger partial charge on any atom is 0.239 e. The molecule has 6 heteroatoms. The first-order valence-corrected chi connectivity index (χ1v) is 12.0. The minimum atomic E-state index is -0.448. The average Bonchev–Trinajstić information content (AvgIpc) is 2.91. The monoisotopic (exact) mass is 461 g/mol. The molecule has 6 nitrogen and oxygen atoms in total. The number of Topliss-reactive ketones (excluding diaryl/α,β-unsaturated/α-hetero) is 1. The van der Waals surface area contributed by atoms with Crippen molar-refractivity contribution < 1.29 is 14.3 Å². The number of benzene rings is 2. The van der Waals surface area contributed by atoms with Crippen molar-refractivity contribution in [1.29, 1.82) is 0 Å². The lowest BCUT2D eigenvalue weighted by Crippen LogP contribution is -2.42. The molecular weight excluding hydrogens is 426 g/mol. The third-order valence-corrected chi connectivity index (χ3v) is 6.46. The molecule has 0 fully saturated rings. The van der Waals surface area contributed by atoms with E-state index in [1.165, 1.54) is 0 Å². The number of amides is 1. The topological polar surface area (TPSA) is 70.7 Å². The molecule has 0 saturated carbocycles. The number of rotatable bonds is 6. The van der Waals surface area contributed by atoms with E-state index in [1.54, 1.807) is 7.11 Å². The molecule has 0 bridgehead atoms. The summed E-state index contributed by atoms with van der Waals surface area (Å²) in [5, 5.41) is 6.63. The Hall–Kier alpha value is -3.28. The van der Waals surface area contributed by atoms with Crippen molar-refractivity contribution in [2.24, 2.45) is 11.3 Å². The molecule has 0 aromatic heterocycles. The molecule has 1 atom stereocenters. The normalized spacial score (nSPS) is 19.2. The van der Waals surface area contributed by atoms with Crippen LogP contribution in [0.4, 0.5) is 11.4 Å². The number of nitrogens with zero attached hydrogens (tertiary/aromatic N) is 1. The number of para-hydroxylation sites is 3. The molecule has 1 aliphatic carbocycles. The zero-order chi connectivity index (χ0) is 24.5. The fourth-order valence-corrected chi connectivity index (χ4v) is 4.97. The van der Waals surface area contributed by atoms with Crippen molar-refractivity contribution in [1.82, 2.24) is 5.32 Å². The van der Waals surface area contributed by atoms with Gasteiger partial charge in [0, 0.05) is 29.8 Å². The van der Waals surface area contributed by atoms with Gasteiger partial charge < -0.3 is 20.3 Å². The predicted molar refractivity (Wildman–Crippen MR) is 136 cm³/mol. The summed E-state index contributed by atoms with van der Waals surface area (Å²) in [6.45, 7) is 9.13. The molecule has 2 aromatic rings. The van der Waals surface area contributed by atoms with Crippen LogP contribution in [-0.4, -0.2) is 31.9 Å². The van der Waals surface area contributed by atoms with Crippen LogP contribution >= 0.6 is 0 Å². The summed E-state index contributed by atoms with van der Waals surface area (Å²) in [6.07, 6.45) is 1.21. The Balaban J connectivity index is 1.91. The zero-order valence-electron chi connectivity index (χ0n) is 20.8. The maximum atomic E-state index is 13.7. The minimum Gasteiger partial charge on any atom is -0.496 e. The Morgan fingerprint density at radius 3 is 2.59 bits per heavy atom. The Morgan fingerprint density at radius 1 is 1.15 bits per heavy atom. The van der Waals surface area contributed by atoms with Crippen molar-refractivity contribution in [3.05, 3.63) is 65.4 Å². The summed E-state index contributed by atoms with van der Waals surface area (Å²) in [7, 11) is 1.64. The third-order valence-electron chi connectivity index (χ3n) is 6.46. The van der Waals surface area contributed by atoms with Crippen molar-refractivity contribution in [3.63, 3.8) is 0 Å². The smallest absolute Gasteiger partial charge is 0.239 e. The first kappa shape index (κ1) is 23.9. The number of hydrogen-bond acceptors (Lipinski definition) is 5. The van der Waals surface area contributed by atoms with Gasteiger partial charge in [0.05, 0.1) is 31.1 Å². The predicted octanol–water partition coefficient (Wildman–Crippen LogP) is 5.08. The van der Waals surface area contributed by atoms with Crippen LogP contribution in [-0.2, 0) is 9.59 Å². The van der Waals surface area contributed by atoms with E-state index in [0.29, 0.717) is 24.6 Å². The second-order valence-electron chi connectivity index (χ2n) is 10.4. The van der Waals surface area contributed by atoms with Crippen LogP contribution in [0.5, 0.6) is 5.75 Å². The molecule has 2 N–H and O–H groups in total. The Labute approximate surface area is 202 Å². The molecule has 180 valence electrons. The molecule has 2 aliphatic rings. The van der Waals surface area contributed by atoms with Gasteiger partial charge in [-0.15, -0.1) is 0 Å². The molecule has 0 unspecified atom stereocenters. The van der Waals surface area contributed by atoms with Gasteiger partial charge in [0.2, 0.25) is 5.91 Å². The summed E-state index contributed by atoms with van der Waals surface area (Å²) >= 11 is 0. The van der Waals surface area contributed by atoms with E-state index < -0.39 is 6.04 Å². The highest BCUT2D eigenvalue weighted by atomic mass is 16.5. The molecular formula is C28H35N3O3.